The van der Waals surface area contributed by atoms with Crippen LogP contribution in [0.5, 0.6) is 5.75 Å². The molecule has 0 aliphatic carbocycles. The Balaban J connectivity index is 2.15. The van der Waals surface area contributed by atoms with E-state index in [-0.39, 0.29) is 24.0 Å². The van der Waals surface area contributed by atoms with Crippen LogP contribution in [0.4, 0.5) is 15.3 Å². The molecule has 0 aromatic heterocycles. The molecule has 1 rings (SSSR count). The van der Waals surface area contributed by atoms with Gasteiger partial charge in [0.05, 0.1) is 11.5 Å². The van der Waals surface area contributed by atoms with Gasteiger partial charge in [-0.3, -0.25) is 10.1 Å². The molecule has 0 aliphatic heterocycles. The number of nitro benzene ring substituents is 1. The molecule has 1 atom stereocenters. The Labute approximate surface area is 139 Å². The number of hydrogen-bond donors (Lipinski definition) is 2. The summed E-state index contributed by atoms with van der Waals surface area (Å²) in [7, 11) is 0. The lowest BCUT2D eigenvalue weighted by Gasteiger charge is -2.11. The largest absolute Gasteiger partial charge is 0.449 e. The highest BCUT2D eigenvalue weighted by atomic mass is 16.6. The van der Waals surface area contributed by atoms with Crippen molar-refractivity contribution < 1.29 is 24.0 Å². The summed E-state index contributed by atoms with van der Waals surface area (Å²) < 4.78 is 9.69. The zero-order valence-corrected chi connectivity index (χ0v) is 13.4. The molecule has 1 aromatic rings. The molecule has 1 unspecified atom stereocenters. The van der Waals surface area contributed by atoms with Crippen LogP contribution in [0.25, 0.3) is 0 Å². The second kappa shape index (κ2) is 10.0. The summed E-state index contributed by atoms with van der Waals surface area (Å²) in [6, 6.07) is 5.24. The molecule has 0 saturated carbocycles. The third-order valence-electron chi connectivity index (χ3n) is 3.16. The number of nitrogens with one attached hydrogen (secondary N) is 1. The van der Waals surface area contributed by atoms with Gasteiger partial charge in [-0.1, -0.05) is 13.3 Å². The van der Waals surface area contributed by atoms with Crippen LogP contribution in [-0.2, 0) is 4.74 Å². The molecule has 0 heterocycles. The minimum absolute atomic E-state index is 0.0720. The number of unbranched alkanes of at least 4 members (excludes halogenated alkanes) is 1. The zero-order chi connectivity index (χ0) is 17.9. The molecule has 132 valence electrons. The molecule has 9 heteroatoms. The lowest BCUT2D eigenvalue weighted by Crippen LogP contribution is -2.27. The van der Waals surface area contributed by atoms with Gasteiger partial charge in [0, 0.05) is 18.7 Å². The highest BCUT2D eigenvalue weighted by Gasteiger charge is 2.08. The van der Waals surface area contributed by atoms with Gasteiger partial charge in [0.25, 0.3) is 5.69 Å². The van der Waals surface area contributed by atoms with Gasteiger partial charge < -0.3 is 20.5 Å². The fraction of sp³-hybridized carbons (Fsp3) is 0.467. The molecule has 3 N–H and O–H groups in total. The van der Waals surface area contributed by atoms with E-state index in [4.69, 9.17) is 15.2 Å². The van der Waals surface area contributed by atoms with E-state index in [0.29, 0.717) is 6.54 Å². The van der Waals surface area contributed by atoms with Crippen molar-refractivity contribution in [1.29, 1.82) is 0 Å². The molecule has 24 heavy (non-hydrogen) atoms. The number of primary amides is 1. The van der Waals surface area contributed by atoms with Gasteiger partial charge in [0.1, 0.15) is 5.75 Å². The Morgan fingerprint density at radius 3 is 2.54 bits per heavy atom. The molecule has 9 nitrogen and oxygen atoms in total. The van der Waals surface area contributed by atoms with Gasteiger partial charge in [-0.05, 0) is 30.9 Å². The van der Waals surface area contributed by atoms with Gasteiger partial charge in [-0.15, -0.1) is 0 Å². The fourth-order valence-corrected chi connectivity index (χ4v) is 1.89. The first-order valence-corrected chi connectivity index (χ1v) is 7.51. The number of ether oxygens (including phenoxy) is 2. The standard InChI is InChI=1S/C15H21N3O6/c1-11(10-23-14(16)19)4-2-3-9-17-15(20)24-13-7-5-12(6-8-13)18(21)22/h5-8,11H,2-4,9-10H2,1H3,(H2,16,19)(H,17,20). The predicted molar refractivity (Wildman–Crippen MR) is 85.7 cm³/mol. The number of nitrogens with two attached hydrogens (primary N) is 1. The van der Waals surface area contributed by atoms with Crippen molar-refractivity contribution in [3.8, 4) is 5.75 Å². The Morgan fingerprint density at radius 2 is 1.96 bits per heavy atom. The highest BCUT2D eigenvalue weighted by molar-refractivity contribution is 5.70. The van der Waals surface area contributed by atoms with Gasteiger partial charge in [-0.25, -0.2) is 9.59 Å². The van der Waals surface area contributed by atoms with Gasteiger partial charge in [0.15, 0.2) is 0 Å². The second-order valence-corrected chi connectivity index (χ2v) is 5.30. The molecular weight excluding hydrogens is 318 g/mol. The molecular formula is C15H21N3O6. The number of non-ortho nitro benzene ring substituents is 1. The number of amides is 2. The molecule has 0 bridgehead atoms. The maximum Gasteiger partial charge on any atom is 0.412 e. The second-order valence-electron chi connectivity index (χ2n) is 5.30. The number of nitro groups is 1. The summed E-state index contributed by atoms with van der Waals surface area (Å²) in [5, 5.41) is 13.1. The van der Waals surface area contributed by atoms with Crippen LogP contribution in [0.15, 0.2) is 24.3 Å². The minimum Gasteiger partial charge on any atom is -0.449 e. The van der Waals surface area contributed by atoms with E-state index < -0.39 is 17.1 Å². The van der Waals surface area contributed by atoms with Crippen molar-refractivity contribution in [3.05, 3.63) is 34.4 Å². The first kappa shape index (κ1) is 19.2. The third kappa shape index (κ3) is 7.97. The van der Waals surface area contributed by atoms with E-state index in [2.05, 4.69) is 5.32 Å². The van der Waals surface area contributed by atoms with E-state index >= 15 is 0 Å². The predicted octanol–water partition coefficient (Wildman–Crippen LogP) is 2.58. The van der Waals surface area contributed by atoms with Crippen LogP contribution >= 0.6 is 0 Å². The number of hydrogen-bond acceptors (Lipinski definition) is 6. The summed E-state index contributed by atoms with van der Waals surface area (Å²) in [6.07, 6.45) is 1.04. The molecule has 0 saturated heterocycles. The SMILES string of the molecule is CC(CCCCNC(=O)Oc1ccc([N+](=O)[O-])cc1)COC(N)=O. The van der Waals surface area contributed by atoms with Crippen molar-refractivity contribution in [2.24, 2.45) is 11.7 Å². The van der Waals surface area contributed by atoms with Crippen molar-refractivity contribution >= 4 is 17.9 Å². The molecule has 0 fully saturated rings. The first-order chi connectivity index (χ1) is 11.4. The molecule has 1 aromatic carbocycles. The number of benzene rings is 1. The molecule has 2 amide bonds. The van der Waals surface area contributed by atoms with Crippen LogP contribution in [0.3, 0.4) is 0 Å². The lowest BCUT2D eigenvalue weighted by atomic mass is 10.1. The van der Waals surface area contributed by atoms with Crippen molar-refractivity contribution in [3.63, 3.8) is 0 Å². The summed E-state index contributed by atoms with van der Waals surface area (Å²) in [6.45, 7) is 2.67. The summed E-state index contributed by atoms with van der Waals surface area (Å²) >= 11 is 0. The smallest absolute Gasteiger partial charge is 0.412 e. The van der Waals surface area contributed by atoms with Gasteiger partial charge in [0.2, 0.25) is 0 Å². The minimum atomic E-state index is -0.780. The Hall–Kier alpha value is -2.84. The maximum atomic E-state index is 11.6. The average molecular weight is 339 g/mol. The van der Waals surface area contributed by atoms with E-state index in [1.165, 1.54) is 24.3 Å². The topological polar surface area (TPSA) is 134 Å². The zero-order valence-electron chi connectivity index (χ0n) is 13.4. The molecule has 0 spiro atoms. The van der Waals surface area contributed by atoms with E-state index in [1.807, 2.05) is 6.92 Å². The number of nitrogens with zero attached hydrogens (tertiary/aromatic N) is 1. The number of carbonyl (C=O) groups is 2. The quantitative estimate of drug-likeness (QED) is 0.403. The van der Waals surface area contributed by atoms with Crippen molar-refractivity contribution in [2.75, 3.05) is 13.2 Å². The van der Waals surface area contributed by atoms with Crippen LogP contribution < -0.4 is 15.8 Å². The average Bonchev–Trinajstić information content (AvgIpc) is 2.53. The van der Waals surface area contributed by atoms with Crippen molar-refractivity contribution in [2.45, 2.75) is 26.2 Å². The van der Waals surface area contributed by atoms with Gasteiger partial charge in [-0.2, -0.15) is 0 Å². The number of rotatable bonds is 9. The third-order valence-corrected chi connectivity index (χ3v) is 3.16. The van der Waals surface area contributed by atoms with E-state index in [9.17, 15) is 19.7 Å². The maximum absolute atomic E-state index is 11.6. The first-order valence-electron chi connectivity index (χ1n) is 7.51. The number of carbonyl (C=O) groups excluding carboxylic acids is 2. The van der Waals surface area contributed by atoms with E-state index in [1.54, 1.807) is 0 Å². The summed E-state index contributed by atoms with van der Waals surface area (Å²) in [4.78, 5) is 32.0. The molecule has 0 radical (unpaired) electrons. The summed E-state index contributed by atoms with van der Waals surface area (Å²) in [5.74, 6) is 0.430. The van der Waals surface area contributed by atoms with Crippen LogP contribution in [0.1, 0.15) is 26.2 Å². The fourth-order valence-electron chi connectivity index (χ4n) is 1.89. The van der Waals surface area contributed by atoms with Gasteiger partial charge >= 0.3 is 12.2 Å². The Kier molecular flexibility index (Phi) is 8.03. The van der Waals surface area contributed by atoms with Crippen molar-refractivity contribution in [1.82, 2.24) is 5.32 Å². The van der Waals surface area contributed by atoms with Crippen LogP contribution in [0, 0.1) is 16.0 Å². The lowest BCUT2D eigenvalue weighted by molar-refractivity contribution is -0.384. The molecule has 0 aliphatic rings. The van der Waals surface area contributed by atoms with E-state index in [0.717, 1.165) is 19.3 Å². The monoisotopic (exact) mass is 339 g/mol. The summed E-state index contributed by atoms with van der Waals surface area (Å²) in [5.41, 5.74) is 4.81. The van der Waals surface area contributed by atoms with Crippen LogP contribution in [-0.4, -0.2) is 30.3 Å². The Bertz CT molecular complexity index is 561. The van der Waals surface area contributed by atoms with Crippen LogP contribution in [0.2, 0.25) is 0 Å². The Morgan fingerprint density at radius 1 is 1.29 bits per heavy atom. The highest BCUT2D eigenvalue weighted by Crippen LogP contribution is 2.17. The normalized spacial score (nSPS) is 11.4.